The van der Waals surface area contributed by atoms with Gasteiger partial charge in [0.25, 0.3) is 0 Å². The van der Waals surface area contributed by atoms with Crippen LogP contribution < -0.4 is 4.90 Å². The third-order valence-corrected chi connectivity index (χ3v) is 6.13. The highest BCUT2D eigenvalue weighted by Gasteiger charge is 2.26. The molecule has 1 aromatic heterocycles. The average Bonchev–Trinajstić information content (AvgIpc) is 3.12. The smallest absolute Gasteiger partial charge is 0.186 e. The normalized spacial score (nSPS) is 24.0. The molecule has 118 valence electrons. The van der Waals surface area contributed by atoms with E-state index in [1.54, 1.807) is 11.3 Å². The fourth-order valence-electron chi connectivity index (χ4n) is 3.33. The number of ether oxygens (including phenoxy) is 1. The Bertz CT molecular complexity index is 656. The van der Waals surface area contributed by atoms with Crippen molar-refractivity contribution >= 4 is 42.6 Å². The summed E-state index contributed by atoms with van der Waals surface area (Å²) in [7, 11) is 0. The van der Waals surface area contributed by atoms with Crippen molar-refractivity contribution in [2.24, 2.45) is 0 Å². The Labute approximate surface area is 143 Å². The molecule has 0 radical (unpaired) electrons. The molecule has 6 heteroatoms. The second-order valence-electron chi connectivity index (χ2n) is 6.00. The van der Waals surface area contributed by atoms with E-state index < -0.39 is 0 Å². The van der Waals surface area contributed by atoms with Crippen LogP contribution in [0.15, 0.2) is 22.7 Å². The van der Waals surface area contributed by atoms with Gasteiger partial charge in [-0.05, 0) is 31.0 Å². The first-order chi connectivity index (χ1) is 10.8. The molecule has 1 aromatic carbocycles. The highest BCUT2D eigenvalue weighted by molar-refractivity contribution is 9.10. The van der Waals surface area contributed by atoms with E-state index >= 15 is 0 Å². The Morgan fingerprint density at radius 1 is 1.23 bits per heavy atom. The number of rotatable bonds is 2. The summed E-state index contributed by atoms with van der Waals surface area (Å²) < 4.78 is 7.93. The van der Waals surface area contributed by atoms with E-state index in [9.17, 15) is 0 Å². The van der Waals surface area contributed by atoms with Crippen LogP contribution in [-0.2, 0) is 4.74 Å². The molecule has 2 aliphatic heterocycles. The molecule has 0 spiro atoms. The fourth-order valence-corrected chi connectivity index (χ4v) is 4.89. The summed E-state index contributed by atoms with van der Waals surface area (Å²) in [4.78, 5) is 9.88. The molecule has 4 nitrogen and oxygen atoms in total. The molecule has 1 unspecified atom stereocenters. The first-order valence-corrected chi connectivity index (χ1v) is 9.53. The molecule has 0 saturated carbocycles. The standard InChI is InChI=1S/C16H20BrN3OS/c17-12-2-3-14-15(10-12)22-16(18-14)20-6-1-5-19(7-8-20)13-4-9-21-11-13/h2-3,10,13H,1,4-9,11H2. The van der Waals surface area contributed by atoms with Gasteiger partial charge in [0.1, 0.15) is 0 Å². The summed E-state index contributed by atoms with van der Waals surface area (Å²) in [6.45, 7) is 6.31. The maximum atomic E-state index is 5.54. The molecule has 4 rings (SSSR count). The van der Waals surface area contributed by atoms with Gasteiger partial charge in [0.05, 0.1) is 16.8 Å². The number of aromatic nitrogens is 1. The van der Waals surface area contributed by atoms with E-state index in [1.165, 1.54) is 24.1 Å². The zero-order valence-electron chi connectivity index (χ0n) is 12.5. The zero-order chi connectivity index (χ0) is 14.9. The van der Waals surface area contributed by atoms with Gasteiger partial charge in [-0.15, -0.1) is 0 Å². The van der Waals surface area contributed by atoms with E-state index in [2.05, 4.69) is 43.9 Å². The van der Waals surface area contributed by atoms with Gasteiger partial charge in [-0.25, -0.2) is 4.98 Å². The SMILES string of the molecule is Brc1ccc2nc(N3CCCN(C4CCOC4)CC3)sc2c1. The van der Waals surface area contributed by atoms with Crippen molar-refractivity contribution in [2.45, 2.75) is 18.9 Å². The monoisotopic (exact) mass is 381 g/mol. The van der Waals surface area contributed by atoms with Gasteiger partial charge in [-0.3, -0.25) is 4.90 Å². The Hall–Kier alpha value is -0.690. The molecule has 2 fully saturated rings. The summed E-state index contributed by atoms with van der Waals surface area (Å²) in [6, 6.07) is 6.96. The number of benzene rings is 1. The highest BCUT2D eigenvalue weighted by Crippen LogP contribution is 2.31. The second kappa shape index (κ2) is 6.43. The largest absolute Gasteiger partial charge is 0.380 e. The van der Waals surface area contributed by atoms with Crippen LogP contribution in [-0.4, -0.2) is 55.3 Å². The second-order valence-corrected chi connectivity index (χ2v) is 7.93. The molecule has 22 heavy (non-hydrogen) atoms. The minimum atomic E-state index is 0.631. The van der Waals surface area contributed by atoms with Gasteiger partial charge in [0, 0.05) is 43.3 Å². The van der Waals surface area contributed by atoms with Crippen molar-refractivity contribution in [3.05, 3.63) is 22.7 Å². The lowest BCUT2D eigenvalue weighted by molar-refractivity contribution is 0.148. The number of thiazole rings is 1. The maximum Gasteiger partial charge on any atom is 0.186 e. The highest BCUT2D eigenvalue weighted by atomic mass is 79.9. The van der Waals surface area contributed by atoms with Crippen molar-refractivity contribution in [1.82, 2.24) is 9.88 Å². The Kier molecular flexibility index (Phi) is 4.35. The third-order valence-electron chi connectivity index (χ3n) is 4.56. The summed E-state index contributed by atoms with van der Waals surface area (Å²) in [6.07, 6.45) is 2.39. The molecular formula is C16H20BrN3OS. The van der Waals surface area contributed by atoms with E-state index in [0.717, 1.165) is 48.0 Å². The average molecular weight is 382 g/mol. The number of nitrogens with zero attached hydrogens (tertiary/aromatic N) is 3. The van der Waals surface area contributed by atoms with Crippen LogP contribution in [0.3, 0.4) is 0 Å². The Balaban J connectivity index is 1.49. The van der Waals surface area contributed by atoms with E-state index in [4.69, 9.17) is 9.72 Å². The summed E-state index contributed by atoms with van der Waals surface area (Å²) in [5, 5.41) is 1.16. The predicted octanol–water partition coefficient (Wildman–Crippen LogP) is 3.36. The molecular weight excluding hydrogens is 362 g/mol. The van der Waals surface area contributed by atoms with Crippen LogP contribution >= 0.6 is 27.3 Å². The van der Waals surface area contributed by atoms with E-state index in [-0.39, 0.29) is 0 Å². The van der Waals surface area contributed by atoms with Gasteiger partial charge >= 0.3 is 0 Å². The molecule has 2 saturated heterocycles. The van der Waals surface area contributed by atoms with Gasteiger partial charge in [0.2, 0.25) is 0 Å². The molecule has 0 amide bonds. The summed E-state index contributed by atoms with van der Waals surface area (Å²) >= 11 is 5.34. The Morgan fingerprint density at radius 2 is 2.18 bits per heavy atom. The lowest BCUT2D eigenvalue weighted by Crippen LogP contribution is -2.38. The van der Waals surface area contributed by atoms with Gasteiger partial charge in [-0.1, -0.05) is 27.3 Å². The summed E-state index contributed by atoms with van der Waals surface area (Å²) in [5.41, 5.74) is 1.11. The van der Waals surface area contributed by atoms with Crippen LogP contribution in [0.5, 0.6) is 0 Å². The molecule has 0 N–H and O–H groups in total. The quantitative estimate of drug-likeness (QED) is 0.797. The van der Waals surface area contributed by atoms with Crippen LogP contribution in [0.25, 0.3) is 10.2 Å². The lowest BCUT2D eigenvalue weighted by Gasteiger charge is -2.26. The maximum absolute atomic E-state index is 5.54. The minimum absolute atomic E-state index is 0.631. The topological polar surface area (TPSA) is 28.6 Å². The minimum Gasteiger partial charge on any atom is -0.380 e. The van der Waals surface area contributed by atoms with E-state index in [0.29, 0.717) is 6.04 Å². The number of hydrogen-bond donors (Lipinski definition) is 0. The van der Waals surface area contributed by atoms with Crippen LogP contribution in [0, 0.1) is 0 Å². The number of halogens is 1. The van der Waals surface area contributed by atoms with Crippen molar-refractivity contribution in [3.8, 4) is 0 Å². The molecule has 0 aliphatic carbocycles. The zero-order valence-corrected chi connectivity index (χ0v) is 14.9. The van der Waals surface area contributed by atoms with Crippen LogP contribution in [0.4, 0.5) is 5.13 Å². The van der Waals surface area contributed by atoms with Gasteiger partial charge in [0.15, 0.2) is 5.13 Å². The van der Waals surface area contributed by atoms with Crippen LogP contribution in [0.1, 0.15) is 12.8 Å². The van der Waals surface area contributed by atoms with E-state index in [1.807, 2.05) is 0 Å². The van der Waals surface area contributed by atoms with Gasteiger partial charge < -0.3 is 9.64 Å². The fraction of sp³-hybridized carbons (Fsp3) is 0.562. The van der Waals surface area contributed by atoms with Crippen LogP contribution in [0.2, 0.25) is 0 Å². The third kappa shape index (κ3) is 3.02. The van der Waals surface area contributed by atoms with Gasteiger partial charge in [-0.2, -0.15) is 0 Å². The van der Waals surface area contributed by atoms with Crippen molar-refractivity contribution in [1.29, 1.82) is 0 Å². The predicted molar refractivity (Wildman–Crippen MR) is 94.9 cm³/mol. The van der Waals surface area contributed by atoms with Crippen molar-refractivity contribution in [3.63, 3.8) is 0 Å². The van der Waals surface area contributed by atoms with Crippen molar-refractivity contribution < 1.29 is 4.74 Å². The Morgan fingerprint density at radius 3 is 3.05 bits per heavy atom. The molecule has 2 aromatic rings. The molecule has 0 bridgehead atoms. The van der Waals surface area contributed by atoms with Crippen molar-refractivity contribution in [2.75, 3.05) is 44.3 Å². The first-order valence-electron chi connectivity index (χ1n) is 7.92. The first kappa shape index (κ1) is 14.9. The number of fused-ring (bicyclic) bond motifs is 1. The summed E-state index contributed by atoms with van der Waals surface area (Å²) in [5.74, 6) is 0. The molecule has 3 heterocycles. The molecule has 2 aliphatic rings. The number of anilines is 1. The molecule has 1 atom stereocenters. The lowest BCUT2D eigenvalue weighted by atomic mass is 10.2. The number of hydrogen-bond acceptors (Lipinski definition) is 5.